The van der Waals surface area contributed by atoms with E-state index in [4.69, 9.17) is 9.84 Å². The van der Waals surface area contributed by atoms with Crippen molar-refractivity contribution >= 4 is 17.6 Å². The summed E-state index contributed by atoms with van der Waals surface area (Å²) >= 11 is 0. The number of aryl methyl sites for hydroxylation is 1. The number of carboxylic acids is 1. The molecule has 0 fully saturated rings. The first kappa shape index (κ1) is 14.6. The minimum Gasteiger partial charge on any atom is -0.484 e. The number of carbonyl (C=O) groups is 2. The largest absolute Gasteiger partial charge is 0.484 e. The highest BCUT2D eigenvalue weighted by Gasteiger charge is 2.11. The van der Waals surface area contributed by atoms with Crippen LogP contribution in [0.3, 0.4) is 0 Å². The number of aromatic carboxylic acids is 1. The van der Waals surface area contributed by atoms with Crippen molar-refractivity contribution in [3.63, 3.8) is 0 Å². The molecule has 2 aromatic carbocycles. The molecule has 2 rings (SSSR count). The lowest BCUT2D eigenvalue weighted by molar-refractivity contribution is -0.118. The van der Waals surface area contributed by atoms with Crippen molar-refractivity contribution in [2.75, 3.05) is 11.9 Å². The Hall–Kier alpha value is -2.82. The van der Waals surface area contributed by atoms with Gasteiger partial charge in [-0.25, -0.2) is 4.79 Å². The lowest BCUT2D eigenvalue weighted by Crippen LogP contribution is -2.21. The van der Waals surface area contributed by atoms with Crippen LogP contribution in [0.5, 0.6) is 5.75 Å². The summed E-state index contributed by atoms with van der Waals surface area (Å²) in [5, 5.41) is 11.6. The van der Waals surface area contributed by atoms with Gasteiger partial charge in [0, 0.05) is 0 Å². The average molecular weight is 285 g/mol. The number of hydrogen-bond donors (Lipinski definition) is 2. The summed E-state index contributed by atoms with van der Waals surface area (Å²) in [6.45, 7) is 1.74. The SMILES string of the molecule is Cc1cccc(OCC(=O)Nc2ccccc2C(=O)O)c1. The molecule has 0 unspecified atom stereocenters. The molecule has 0 radical (unpaired) electrons. The van der Waals surface area contributed by atoms with E-state index in [2.05, 4.69) is 5.32 Å². The summed E-state index contributed by atoms with van der Waals surface area (Å²) in [6, 6.07) is 13.6. The van der Waals surface area contributed by atoms with E-state index in [1.54, 1.807) is 18.2 Å². The van der Waals surface area contributed by atoms with Crippen molar-refractivity contribution in [1.82, 2.24) is 0 Å². The molecule has 108 valence electrons. The number of rotatable bonds is 5. The standard InChI is InChI=1S/C16H15NO4/c1-11-5-4-6-12(9-11)21-10-15(18)17-14-8-3-2-7-13(14)16(19)20/h2-9H,10H2,1H3,(H,17,18)(H,19,20). The van der Waals surface area contributed by atoms with Gasteiger partial charge in [0.1, 0.15) is 5.75 Å². The van der Waals surface area contributed by atoms with Crippen molar-refractivity contribution in [2.24, 2.45) is 0 Å². The van der Waals surface area contributed by atoms with Gasteiger partial charge in [0.05, 0.1) is 11.3 Å². The number of para-hydroxylation sites is 1. The molecule has 0 heterocycles. The van der Waals surface area contributed by atoms with E-state index < -0.39 is 11.9 Å². The van der Waals surface area contributed by atoms with E-state index in [0.717, 1.165) is 5.56 Å². The van der Waals surface area contributed by atoms with Gasteiger partial charge in [0.25, 0.3) is 5.91 Å². The number of benzene rings is 2. The number of carbonyl (C=O) groups excluding carboxylic acids is 1. The molecule has 0 bridgehead atoms. The van der Waals surface area contributed by atoms with Gasteiger partial charge in [-0.1, -0.05) is 24.3 Å². The predicted octanol–water partition coefficient (Wildman–Crippen LogP) is 2.71. The maximum Gasteiger partial charge on any atom is 0.337 e. The molecule has 21 heavy (non-hydrogen) atoms. The topological polar surface area (TPSA) is 75.6 Å². The first-order valence-electron chi connectivity index (χ1n) is 6.38. The Morgan fingerprint density at radius 2 is 1.90 bits per heavy atom. The van der Waals surface area contributed by atoms with Crippen molar-refractivity contribution in [2.45, 2.75) is 6.92 Å². The summed E-state index contributed by atoms with van der Waals surface area (Å²) in [6.07, 6.45) is 0. The van der Waals surface area contributed by atoms with Gasteiger partial charge in [-0.3, -0.25) is 4.79 Å². The summed E-state index contributed by atoms with van der Waals surface area (Å²) < 4.78 is 5.36. The fourth-order valence-electron chi connectivity index (χ4n) is 1.82. The van der Waals surface area contributed by atoms with Crippen molar-refractivity contribution in [3.05, 3.63) is 59.7 Å². The van der Waals surface area contributed by atoms with E-state index in [-0.39, 0.29) is 17.9 Å². The third-order valence-corrected chi connectivity index (χ3v) is 2.79. The molecular weight excluding hydrogens is 270 g/mol. The monoisotopic (exact) mass is 285 g/mol. The summed E-state index contributed by atoms with van der Waals surface area (Å²) in [4.78, 5) is 22.9. The van der Waals surface area contributed by atoms with Gasteiger partial charge >= 0.3 is 5.97 Å². The Morgan fingerprint density at radius 3 is 2.62 bits per heavy atom. The van der Waals surface area contributed by atoms with Crippen LogP contribution in [0.1, 0.15) is 15.9 Å². The third-order valence-electron chi connectivity index (χ3n) is 2.79. The number of anilines is 1. The van der Waals surface area contributed by atoms with Crippen molar-refractivity contribution in [3.8, 4) is 5.75 Å². The van der Waals surface area contributed by atoms with Gasteiger partial charge in [-0.15, -0.1) is 0 Å². The highest BCUT2D eigenvalue weighted by atomic mass is 16.5. The van der Waals surface area contributed by atoms with Gasteiger partial charge in [-0.2, -0.15) is 0 Å². The van der Waals surface area contributed by atoms with E-state index in [0.29, 0.717) is 5.75 Å². The highest BCUT2D eigenvalue weighted by molar-refractivity contribution is 6.00. The van der Waals surface area contributed by atoms with Gasteiger partial charge in [0.15, 0.2) is 6.61 Å². The van der Waals surface area contributed by atoms with E-state index >= 15 is 0 Å². The molecule has 5 heteroatoms. The molecular formula is C16H15NO4. The molecule has 0 aliphatic carbocycles. The molecule has 0 saturated carbocycles. The van der Waals surface area contributed by atoms with Crippen molar-refractivity contribution < 1.29 is 19.4 Å². The smallest absolute Gasteiger partial charge is 0.337 e. The minimum atomic E-state index is -1.09. The molecule has 0 aliphatic heterocycles. The van der Waals surface area contributed by atoms with Crippen LogP contribution in [0, 0.1) is 6.92 Å². The zero-order valence-electron chi connectivity index (χ0n) is 11.5. The lowest BCUT2D eigenvalue weighted by Gasteiger charge is -2.09. The second-order valence-corrected chi connectivity index (χ2v) is 4.50. The molecule has 1 amide bonds. The molecule has 0 saturated heterocycles. The zero-order valence-corrected chi connectivity index (χ0v) is 11.5. The fourth-order valence-corrected chi connectivity index (χ4v) is 1.82. The Bertz CT molecular complexity index is 667. The van der Waals surface area contributed by atoms with Crippen LogP contribution in [0.2, 0.25) is 0 Å². The molecule has 0 spiro atoms. The molecule has 2 N–H and O–H groups in total. The van der Waals surface area contributed by atoms with Crippen LogP contribution in [0.15, 0.2) is 48.5 Å². The van der Waals surface area contributed by atoms with E-state index in [1.165, 1.54) is 12.1 Å². The van der Waals surface area contributed by atoms with E-state index in [1.807, 2.05) is 25.1 Å². The second-order valence-electron chi connectivity index (χ2n) is 4.50. The summed E-state index contributed by atoms with van der Waals surface area (Å²) in [5.74, 6) is -0.910. The van der Waals surface area contributed by atoms with Crippen LogP contribution >= 0.6 is 0 Å². The van der Waals surface area contributed by atoms with Crippen LogP contribution in [-0.2, 0) is 4.79 Å². The van der Waals surface area contributed by atoms with Crippen LogP contribution in [0.4, 0.5) is 5.69 Å². The number of amides is 1. The molecule has 5 nitrogen and oxygen atoms in total. The van der Waals surface area contributed by atoms with Crippen LogP contribution in [0.25, 0.3) is 0 Å². The second kappa shape index (κ2) is 6.56. The predicted molar refractivity (Wildman–Crippen MR) is 78.7 cm³/mol. The van der Waals surface area contributed by atoms with Gasteiger partial charge < -0.3 is 15.2 Å². The molecule has 0 atom stereocenters. The first-order valence-corrected chi connectivity index (χ1v) is 6.38. The van der Waals surface area contributed by atoms with Crippen LogP contribution in [-0.4, -0.2) is 23.6 Å². The first-order chi connectivity index (χ1) is 10.1. The maximum atomic E-state index is 11.8. The fraction of sp³-hybridized carbons (Fsp3) is 0.125. The quantitative estimate of drug-likeness (QED) is 0.885. The Balaban J connectivity index is 1.98. The summed E-state index contributed by atoms with van der Waals surface area (Å²) in [7, 11) is 0. The highest BCUT2D eigenvalue weighted by Crippen LogP contribution is 2.15. The number of ether oxygens (including phenoxy) is 1. The third kappa shape index (κ3) is 4.07. The number of carboxylic acid groups (broad SMARTS) is 1. The number of hydrogen-bond acceptors (Lipinski definition) is 3. The van der Waals surface area contributed by atoms with Crippen LogP contribution < -0.4 is 10.1 Å². The molecule has 0 aromatic heterocycles. The maximum absolute atomic E-state index is 11.8. The normalized spacial score (nSPS) is 9.95. The van der Waals surface area contributed by atoms with E-state index in [9.17, 15) is 9.59 Å². The Labute approximate surface area is 122 Å². The number of nitrogens with one attached hydrogen (secondary N) is 1. The zero-order chi connectivity index (χ0) is 15.2. The molecule has 0 aliphatic rings. The Morgan fingerprint density at radius 1 is 1.14 bits per heavy atom. The van der Waals surface area contributed by atoms with Gasteiger partial charge in [-0.05, 0) is 36.8 Å². The Kier molecular flexibility index (Phi) is 4.56. The van der Waals surface area contributed by atoms with Gasteiger partial charge in [0.2, 0.25) is 0 Å². The summed E-state index contributed by atoms with van der Waals surface area (Å²) in [5.41, 5.74) is 1.33. The van der Waals surface area contributed by atoms with Crippen molar-refractivity contribution in [1.29, 1.82) is 0 Å². The minimum absolute atomic E-state index is 0.0430. The molecule has 2 aromatic rings. The average Bonchev–Trinajstić information content (AvgIpc) is 2.45. The lowest BCUT2D eigenvalue weighted by atomic mass is 10.2.